The topological polar surface area (TPSA) is 75.1 Å². The van der Waals surface area contributed by atoms with Gasteiger partial charge in [0.2, 0.25) is 0 Å². The number of carboxylic acids is 1. The first-order valence-corrected chi connectivity index (χ1v) is 6.46. The number of thiazole rings is 1. The molecule has 0 radical (unpaired) electrons. The lowest BCUT2D eigenvalue weighted by molar-refractivity contribution is 0.0690. The SMILES string of the molecule is O=C(O)c1cccc(NCCCc2nccs2)n1. The fourth-order valence-electron chi connectivity index (χ4n) is 1.48. The second-order valence-corrected chi connectivity index (χ2v) is 4.65. The van der Waals surface area contributed by atoms with E-state index in [1.807, 2.05) is 5.38 Å². The molecular formula is C12H13N3O2S. The molecule has 18 heavy (non-hydrogen) atoms. The van der Waals surface area contributed by atoms with Crippen LogP contribution in [0, 0.1) is 0 Å². The summed E-state index contributed by atoms with van der Waals surface area (Å²) >= 11 is 1.64. The molecule has 0 saturated carbocycles. The number of aromatic nitrogens is 2. The summed E-state index contributed by atoms with van der Waals surface area (Å²) in [7, 11) is 0. The van der Waals surface area contributed by atoms with Gasteiger partial charge in [-0.15, -0.1) is 11.3 Å². The molecule has 0 atom stereocenters. The smallest absolute Gasteiger partial charge is 0.354 e. The van der Waals surface area contributed by atoms with Gasteiger partial charge in [-0.05, 0) is 18.6 Å². The molecular weight excluding hydrogens is 250 g/mol. The van der Waals surface area contributed by atoms with E-state index >= 15 is 0 Å². The van der Waals surface area contributed by atoms with Crippen molar-refractivity contribution in [2.75, 3.05) is 11.9 Å². The number of carboxylic acid groups (broad SMARTS) is 1. The third-order valence-corrected chi connectivity index (χ3v) is 3.16. The minimum atomic E-state index is -1.01. The van der Waals surface area contributed by atoms with E-state index in [9.17, 15) is 4.79 Å². The van der Waals surface area contributed by atoms with Crippen LogP contribution in [0.25, 0.3) is 0 Å². The Morgan fingerprint density at radius 2 is 2.33 bits per heavy atom. The number of hydrogen-bond acceptors (Lipinski definition) is 5. The van der Waals surface area contributed by atoms with Gasteiger partial charge in [0.25, 0.3) is 0 Å². The summed E-state index contributed by atoms with van der Waals surface area (Å²) in [6, 6.07) is 4.92. The van der Waals surface area contributed by atoms with Crippen LogP contribution < -0.4 is 5.32 Å². The molecule has 0 fully saturated rings. The Bertz CT molecular complexity index is 514. The molecule has 0 aromatic carbocycles. The minimum absolute atomic E-state index is 0.0555. The molecule has 0 spiro atoms. The molecule has 2 N–H and O–H groups in total. The van der Waals surface area contributed by atoms with Gasteiger partial charge in [-0.2, -0.15) is 0 Å². The van der Waals surface area contributed by atoms with E-state index in [2.05, 4.69) is 15.3 Å². The number of anilines is 1. The number of hydrogen-bond donors (Lipinski definition) is 2. The molecule has 2 aromatic heterocycles. The van der Waals surface area contributed by atoms with Crippen LogP contribution in [0.5, 0.6) is 0 Å². The molecule has 2 aromatic rings. The van der Waals surface area contributed by atoms with Crippen LogP contribution >= 0.6 is 11.3 Å². The van der Waals surface area contributed by atoms with Gasteiger partial charge < -0.3 is 10.4 Å². The maximum Gasteiger partial charge on any atom is 0.354 e. The summed E-state index contributed by atoms with van der Waals surface area (Å²) in [4.78, 5) is 18.9. The molecule has 0 aliphatic rings. The highest BCUT2D eigenvalue weighted by Gasteiger charge is 2.04. The van der Waals surface area contributed by atoms with Crippen molar-refractivity contribution in [2.45, 2.75) is 12.8 Å². The fraction of sp³-hybridized carbons (Fsp3) is 0.250. The molecule has 0 unspecified atom stereocenters. The lowest BCUT2D eigenvalue weighted by Gasteiger charge is -2.05. The molecule has 0 saturated heterocycles. The van der Waals surface area contributed by atoms with Crippen LogP contribution in [0.2, 0.25) is 0 Å². The lowest BCUT2D eigenvalue weighted by atomic mass is 10.3. The predicted molar refractivity (Wildman–Crippen MR) is 70.1 cm³/mol. The van der Waals surface area contributed by atoms with E-state index in [0.29, 0.717) is 5.82 Å². The van der Waals surface area contributed by atoms with Crippen molar-refractivity contribution in [1.29, 1.82) is 0 Å². The third kappa shape index (κ3) is 3.53. The Morgan fingerprint density at radius 1 is 1.44 bits per heavy atom. The molecule has 0 aliphatic carbocycles. The van der Waals surface area contributed by atoms with Crippen molar-refractivity contribution in [3.05, 3.63) is 40.5 Å². The number of aryl methyl sites for hydroxylation is 1. The fourth-order valence-corrected chi connectivity index (χ4v) is 2.15. The zero-order valence-electron chi connectivity index (χ0n) is 9.67. The van der Waals surface area contributed by atoms with Crippen molar-refractivity contribution in [3.63, 3.8) is 0 Å². The van der Waals surface area contributed by atoms with Gasteiger partial charge >= 0.3 is 5.97 Å². The van der Waals surface area contributed by atoms with Crippen molar-refractivity contribution in [1.82, 2.24) is 9.97 Å². The van der Waals surface area contributed by atoms with Crippen molar-refractivity contribution < 1.29 is 9.90 Å². The molecule has 0 bridgehead atoms. The Balaban J connectivity index is 1.79. The Kier molecular flexibility index (Phi) is 4.25. The van der Waals surface area contributed by atoms with E-state index in [0.717, 1.165) is 24.4 Å². The summed E-state index contributed by atoms with van der Waals surface area (Å²) in [6.07, 6.45) is 3.65. The number of pyridine rings is 1. The second-order valence-electron chi connectivity index (χ2n) is 3.67. The maximum atomic E-state index is 10.7. The molecule has 2 heterocycles. The summed E-state index contributed by atoms with van der Waals surface area (Å²) in [5, 5.41) is 15.0. The Morgan fingerprint density at radius 3 is 3.06 bits per heavy atom. The largest absolute Gasteiger partial charge is 0.477 e. The van der Waals surface area contributed by atoms with Crippen LogP contribution in [0.1, 0.15) is 21.9 Å². The highest BCUT2D eigenvalue weighted by Crippen LogP contribution is 2.08. The molecule has 2 rings (SSSR count). The molecule has 0 aliphatic heterocycles. The first-order valence-electron chi connectivity index (χ1n) is 5.58. The lowest BCUT2D eigenvalue weighted by Crippen LogP contribution is -2.07. The van der Waals surface area contributed by atoms with Crippen LogP contribution in [-0.4, -0.2) is 27.6 Å². The number of rotatable bonds is 6. The van der Waals surface area contributed by atoms with E-state index in [-0.39, 0.29) is 5.69 Å². The highest BCUT2D eigenvalue weighted by molar-refractivity contribution is 7.09. The number of nitrogens with zero attached hydrogens (tertiary/aromatic N) is 2. The van der Waals surface area contributed by atoms with Crippen LogP contribution in [-0.2, 0) is 6.42 Å². The van der Waals surface area contributed by atoms with Gasteiger partial charge in [0.05, 0.1) is 5.01 Å². The second kappa shape index (κ2) is 6.11. The predicted octanol–water partition coefficient (Wildman–Crippen LogP) is 2.28. The first kappa shape index (κ1) is 12.5. The molecule has 6 heteroatoms. The zero-order valence-corrected chi connectivity index (χ0v) is 10.5. The monoisotopic (exact) mass is 263 g/mol. The highest BCUT2D eigenvalue weighted by atomic mass is 32.1. The molecule has 94 valence electrons. The van der Waals surface area contributed by atoms with Gasteiger partial charge in [-0.25, -0.2) is 14.8 Å². The van der Waals surface area contributed by atoms with Gasteiger partial charge in [-0.1, -0.05) is 6.07 Å². The minimum Gasteiger partial charge on any atom is -0.477 e. The average molecular weight is 263 g/mol. The van der Waals surface area contributed by atoms with Gasteiger partial charge in [0.15, 0.2) is 5.69 Å². The first-order chi connectivity index (χ1) is 8.75. The van der Waals surface area contributed by atoms with Crippen LogP contribution in [0.15, 0.2) is 29.8 Å². The summed E-state index contributed by atoms with van der Waals surface area (Å²) in [5.74, 6) is -0.421. The number of nitrogens with one attached hydrogen (secondary N) is 1. The summed E-state index contributed by atoms with van der Waals surface area (Å²) in [6.45, 7) is 0.746. The van der Waals surface area contributed by atoms with Crippen LogP contribution in [0.3, 0.4) is 0 Å². The Hall–Kier alpha value is -1.95. The number of aromatic carboxylic acids is 1. The molecule has 5 nitrogen and oxygen atoms in total. The van der Waals surface area contributed by atoms with E-state index < -0.39 is 5.97 Å². The van der Waals surface area contributed by atoms with Crippen molar-refractivity contribution in [2.24, 2.45) is 0 Å². The zero-order chi connectivity index (χ0) is 12.8. The maximum absolute atomic E-state index is 10.7. The standard InChI is InChI=1S/C12H13N3O2S/c16-12(17)9-3-1-4-10(15-9)13-6-2-5-11-14-7-8-18-11/h1,3-4,7-8H,2,5-6H2,(H,13,15)(H,16,17). The average Bonchev–Trinajstić information content (AvgIpc) is 2.88. The van der Waals surface area contributed by atoms with E-state index in [4.69, 9.17) is 5.11 Å². The normalized spacial score (nSPS) is 10.2. The molecule has 0 amide bonds. The Labute approximate surface area is 109 Å². The van der Waals surface area contributed by atoms with Crippen LogP contribution in [0.4, 0.5) is 5.82 Å². The third-order valence-electron chi connectivity index (χ3n) is 2.33. The van der Waals surface area contributed by atoms with Gasteiger partial charge in [0.1, 0.15) is 5.82 Å². The quantitative estimate of drug-likeness (QED) is 0.782. The van der Waals surface area contributed by atoms with Crippen molar-refractivity contribution >= 4 is 23.1 Å². The van der Waals surface area contributed by atoms with Gasteiger partial charge in [-0.3, -0.25) is 0 Å². The van der Waals surface area contributed by atoms with E-state index in [1.165, 1.54) is 6.07 Å². The van der Waals surface area contributed by atoms with Gasteiger partial charge in [0, 0.05) is 24.5 Å². The summed E-state index contributed by atoms with van der Waals surface area (Å²) in [5.41, 5.74) is 0.0555. The van der Waals surface area contributed by atoms with E-state index in [1.54, 1.807) is 29.7 Å². The number of carbonyl (C=O) groups is 1. The summed E-state index contributed by atoms with van der Waals surface area (Å²) < 4.78 is 0. The van der Waals surface area contributed by atoms with Crippen molar-refractivity contribution in [3.8, 4) is 0 Å².